The Balaban J connectivity index is 1.81. The Labute approximate surface area is 159 Å². The van der Waals surface area contributed by atoms with Gasteiger partial charge in [-0.15, -0.1) is 0 Å². The lowest BCUT2D eigenvalue weighted by Crippen LogP contribution is -2.20. The van der Waals surface area contributed by atoms with Crippen LogP contribution in [0, 0.1) is 6.92 Å². The van der Waals surface area contributed by atoms with E-state index in [-0.39, 0.29) is 22.4 Å². The van der Waals surface area contributed by atoms with Crippen LogP contribution in [0.2, 0.25) is 5.02 Å². The molecule has 0 unspecified atom stereocenters. The fourth-order valence-electron chi connectivity index (χ4n) is 2.99. The predicted octanol–water partition coefficient (Wildman–Crippen LogP) is 5.06. The maximum atomic E-state index is 12.9. The van der Waals surface area contributed by atoms with E-state index >= 15 is 0 Å². The Morgan fingerprint density at radius 2 is 1.89 bits per heavy atom. The molecule has 0 aliphatic heterocycles. The molecule has 1 aromatic heterocycles. The molecule has 27 heavy (non-hydrogen) atoms. The van der Waals surface area contributed by atoms with Gasteiger partial charge in [0.15, 0.2) is 0 Å². The molecule has 0 bridgehead atoms. The van der Waals surface area contributed by atoms with Gasteiger partial charge in [0.1, 0.15) is 5.69 Å². The first-order valence-electron chi connectivity index (χ1n) is 8.53. The molecule has 1 heterocycles. The fraction of sp³-hybridized carbons (Fsp3) is 0.389. The molecule has 144 valence electrons. The zero-order chi connectivity index (χ0) is 19.6. The molecule has 1 amide bonds. The summed E-state index contributed by atoms with van der Waals surface area (Å²) in [6, 6.07) is 4.48. The number of carbonyl (C=O) groups is 1. The highest BCUT2D eigenvalue weighted by Crippen LogP contribution is 2.34. The lowest BCUT2D eigenvalue weighted by molar-refractivity contribution is -0.137. The molecule has 0 atom stereocenters. The second-order valence-electron chi connectivity index (χ2n) is 6.49. The molecule has 2 N–H and O–H groups in total. The van der Waals surface area contributed by atoms with Crippen molar-refractivity contribution in [3.63, 3.8) is 0 Å². The third-order valence-corrected chi connectivity index (χ3v) is 4.65. The highest BCUT2D eigenvalue weighted by atomic mass is 35.5. The second kappa shape index (κ2) is 7.72. The molecular formula is C18H18ClF3N4O. The Hall–Kier alpha value is -2.35. The number of aryl methyl sites for hydroxylation is 1. The number of rotatable bonds is 4. The van der Waals surface area contributed by atoms with Gasteiger partial charge in [-0.2, -0.15) is 13.2 Å². The quantitative estimate of drug-likeness (QED) is 0.755. The van der Waals surface area contributed by atoms with Gasteiger partial charge in [-0.25, -0.2) is 9.97 Å². The number of halogens is 4. The molecule has 1 aromatic carbocycles. The van der Waals surface area contributed by atoms with Gasteiger partial charge in [-0.1, -0.05) is 24.4 Å². The summed E-state index contributed by atoms with van der Waals surface area (Å²) in [7, 11) is 0. The van der Waals surface area contributed by atoms with E-state index in [1.165, 1.54) is 6.07 Å². The molecule has 5 nitrogen and oxygen atoms in total. The van der Waals surface area contributed by atoms with E-state index < -0.39 is 17.6 Å². The van der Waals surface area contributed by atoms with Crippen LogP contribution in [0.25, 0.3) is 0 Å². The van der Waals surface area contributed by atoms with Gasteiger partial charge in [-0.05, 0) is 44.0 Å². The van der Waals surface area contributed by atoms with E-state index in [9.17, 15) is 18.0 Å². The number of alkyl halides is 3. The Morgan fingerprint density at radius 3 is 2.56 bits per heavy atom. The van der Waals surface area contributed by atoms with Crippen LogP contribution in [0.3, 0.4) is 0 Å². The first-order valence-corrected chi connectivity index (χ1v) is 8.90. The largest absolute Gasteiger partial charge is 0.416 e. The number of benzene rings is 1. The lowest BCUT2D eigenvalue weighted by atomic mass is 10.2. The topological polar surface area (TPSA) is 66.9 Å². The van der Waals surface area contributed by atoms with Crippen LogP contribution in [0.15, 0.2) is 24.3 Å². The molecule has 2 aromatic rings. The van der Waals surface area contributed by atoms with Crippen molar-refractivity contribution in [2.75, 3.05) is 10.6 Å². The maximum absolute atomic E-state index is 12.9. The maximum Gasteiger partial charge on any atom is 0.416 e. The van der Waals surface area contributed by atoms with Crippen LogP contribution in [0.5, 0.6) is 0 Å². The van der Waals surface area contributed by atoms with Crippen LogP contribution in [0.4, 0.5) is 24.8 Å². The van der Waals surface area contributed by atoms with Gasteiger partial charge >= 0.3 is 6.18 Å². The second-order valence-corrected chi connectivity index (χ2v) is 6.90. The van der Waals surface area contributed by atoms with Crippen LogP contribution >= 0.6 is 11.6 Å². The number of hydrogen-bond acceptors (Lipinski definition) is 4. The normalized spacial score (nSPS) is 15.0. The summed E-state index contributed by atoms with van der Waals surface area (Å²) in [6.45, 7) is 1.72. The molecule has 0 spiro atoms. The summed E-state index contributed by atoms with van der Waals surface area (Å²) in [4.78, 5) is 21.0. The SMILES string of the molecule is Cc1cc(C(=O)Nc2cc(C(F)(F)F)ccc2Cl)nc(NC2CCCC2)n1. The van der Waals surface area contributed by atoms with Crippen molar-refractivity contribution in [3.8, 4) is 0 Å². The van der Waals surface area contributed by atoms with E-state index in [4.69, 9.17) is 11.6 Å². The van der Waals surface area contributed by atoms with Gasteiger partial charge < -0.3 is 10.6 Å². The van der Waals surface area contributed by atoms with Gasteiger partial charge in [0.2, 0.25) is 5.95 Å². The van der Waals surface area contributed by atoms with E-state index in [0.29, 0.717) is 11.6 Å². The first kappa shape index (κ1) is 19.4. The van der Waals surface area contributed by atoms with E-state index in [0.717, 1.165) is 43.9 Å². The van der Waals surface area contributed by atoms with Crippen LogP contribution in [-0.2, 0) is 6.18 Å². The van der Waals surface area contributed by atoms with Crippen molar-refractivity contribution in [3.05, 3.63) is 46.2 Å². The zero-order valence-corrected chi connectivity index (χ0v) is 15.3. The number of aromatic nitrogens is 2. The van der Waals surface area contributed by atoms with Gasteiger partial charge in [0.25, 0.3) is 5.91 Å². The van der Waals surface area contributed by atoms with Gasteiger partial charge in [0, 0.05) is 11.7 Å². The number of hydrogen-bond donors (Lipinski definition) is 2. The first-order chi connectivity index (χ1) is 12.7. The van der Waals surface area contributed by atoms with Gasteiger partial charge in [0.05, 0.1) is 16.3 Å². The monoisotopic (exact) mass is 398 g/mol. The number of carbonyl (C=O) groups excluding carboxylic acids is 1. The minimum absolute atomic E-state index is 0.00596. The average Bonchev–Trinajstić information content (AvgIpc) is 3.08. The summed E-state index contributed by atoms with van der Waals surface area (Å²) in [5.41, 5.74) is -0.398. The van der Waals surface area contributed by atoms with Crippen molar-refractivity contribution < 1.29 is 18.0 Å². The number of nitrogens with zero attached hydrogens (tertiary/aromatic N) is 2. The van der Waals surface area contributed by atoms with E-state index in [1.54, 1.807) is 6.92 Å². The van der Waals surface area contributed by atoms with E-state index in [1.807, 2.05) is 0 Å². The highest BCUT2D eigenvalue weighted by Gasteiger charge is 2.31. The summed E-state index contributed by atoms with van der Waals surface area (Å²) < 4.78 is 38.6. The van der Waals surface area contributed by atoms with Crippen molar-refractivity contribution >= 4 is 29.1 Å². The predicted molar refractivity (Wildman–Crippen MR) is 97.1 cm³/mol. The highest BCUT2D eigenvalue weighted by molar-refractivity contribution is 6.33. The third-order valence-electron chi connectivity index (χ3n) is 4.32. The number of nitrogens with one attached hydrogen (secondary N) is 2. The zero-order valence-electron chi connectivity index (χ0n) is 14.5. The van der Waals surface area contributed by atoms with Crippen molar-refractivity contribution in [2.24, 2.45) is 0 Å². The lowest BCUT2D eigenvalue weighted by Gasteiger charge is -2.14. The minimum atomic E-state index is -4.53. The molecule has 3 rings (SSSR count). The molecule has 0 saturated heterocycles. The van der Waals surface area contributed by atoms with Gasteiger partial charge in [-0.3, -0.25) is 4.79 Å². The molecular weight excluding hydrogens is 381 g/mol. The molecule has 9 heteroatoms. The summed E-state index contributed by atoms with van der Waals surface area (Å²) in [5, 5.41) is 5.61. The number of anilines is 2. The summed E-state index contributed by atoms with van der Waals surface area (Å²) in [6.07, 6.45) is -0.249. The van der Waals surface area contributed by atoms with E-state index in [2.05, 4.69) is 20.6 Å². The average molecular weight is 399 g/mol. The minimum Gasteiger partial charge on any atom is -0.351 e. The standard InChI is InChI=1S/C18H18ClF3N4O/c1-10-8-15(26-17(23-10)24-12-4-2-3-5-12)16(27)25-14-9-11(18(20,21)22)6-7-13(14)19/h6-9,12H,2-5H2,1H3,(H,25,27)(H,23,24,26). The fourth-order valence-corrected chi connectivity index (χ4v) is 3.15. The van der Waals surface area contributed by atoms with Crippen molar-refractivity contribution in [1.29, 1.82) is 0 Å². The van der Waals surface area contributed by atoms with Crippen LogP contribution in [-0.4, -0.2) is 21.9 Å². The Morgan fingerprint density at radius 1 is 1.19 bits per heavy atom. The Kier molecular flexibility index (Phi) is 5.55. The smallest absolute Gasteiger partial charge is 0.351 e. The van der Waals surface area contributed by atoms with Crippen LogP contribution < -0.4 is 10.6 Å². The number of amides is 1. The molecule has 1 aliphatic carbocycles. The van der Waals surface area contributed by atoms with Crippen LogP contribution in [0.1, 0.15) is 47.4 Å². The van der Waals surface area contributed by atoms with Crippen molar-refractivity contribution in [2.45, 2.75) is 44.8 Å². The third kappa shape index (κ3) is 4.88. The molecule has 1 fully saturated rings. The molecule has 0 radical (unpaired) electrons. The molecule has 1 aliphatic rings. The Bertz CT molecular complexity index is 851. The summed E-state index contributed by atoms with van der Waals surface area (Å²) in [5.74, 6) is -0.321. The molecule has 1 saturated carbocycles. The van der Waals surface area contributed by atoms with Crippen molar-refractivity contribution in [1.82, 2.24) is 9.97 Å². The summed E-state index contributed by atoms with van der Waals surface area (Å²) >= 11 is 5.93.